The number of aryl methyl sites for hydroxylation is 1. The van der Waals surface area contributed by atoms with Gasteiger partial charge in [-0.1, -0.05) is 25.7 Å². The first-order valence-electron chi connectivity index (χ1n) is 7.76. The van der Waals surface area contributed by atoms with Crippen LogP contribution in [0, 0.1) is 0 Å². The predicted octanol–water partition coefficient (Wildman–Crippen LogP) is 1.81. The van der Waals surface area contributed by atoms with Crippen molar-refractivity contribution >= 4 is 11.0 Å². The Bertz CT molecular complexity index is 666. The standard InChI is InChI=1S/C15H23N5O/c1-19(11-7-5-3-4-6-8-11)10-13-17-14-12(15(21)18-13)9-16-20(14)2/h9,11H,3-8,10H2,1-2H3,(H,17,18,21). The van der Waals surface area contributed by atoms with Gasteiger partial charge in [-0.3, -0.25) is 14.4 Å². The SMILES string of the molecule is CN(Cc1nc2c(cnn2C)c(=O)[nH]1)C1CCCCCC1. The van der Waals surface area contributed by atoms with Crippen LogP contribution in [0.2, 0.25) is 0 Å². The average molecular weight is 289 g/mol. The molecule has 0 aromatic carbocycles. The number of nitrogens with zero attached hydrogens (tertiary/aromatic N) is 4. The Balaban J connectivity index is 1.80. The second kappa shape index (κ2) is 5.97. The quantitative estimate of drug-likeness (QED) is 0.875. The maximum absolute atomic E-state index is 12.1. The van der Waals surface area contributed by atoms with Crippen LogP contribution >= 0.6 is 0 Å². The van der Waals surface area contributed by atoms with Crippen LogP contribution in [0.3, 0.4) is 0 Å². The third-order valence-corrected chi connectivity index (χ3v) is 4.50. The van der Waals surface area contributed by atoms with Crippen molar-refractivity contribution in [1.29, 1.82) is 0 Å². The molecule has 1 aliphatic carbocycles. The van der Waals surface area contributed by atoms with E-state index in [0.29, 0.717) is 23.6 Å². The van der Waals surface area contributed by atoms with Crippen molar-refractivity contribution in [3.63, 3.8) is 0 Å². The number of aromatic amines is 1. The van der Waals surface area contributed by atoms with Crippen LogP contribution in [-0.2, 0) is 13.6 Å². The lowest BCUT2D eigenvalue weighted by atomic mass is 10.1. The maximum atomic E-state index is 12.1. The van der Waals surface area contributed by atoms with Gasteiger partial charge in [0, 0.05) is 13.1 Å². The number of fused-ring (bicyclic) bond motifs is 1. The van der Waals surface area contributed by atoms with E-state index >= 15 is 0 Å². The number of hydrogen-bond donors (Lipinski definition) is 1. The summed E-state index contributed by atoms with van der Waals surface area (Å²) >= 11 is 0. The topological polar surface area (TPSA) is 66.8 Å². The summed E-state index contributed by atoms with van der Waals surface area (Å²) in [7, 11) is 3.94. The molecule has 0 amide bonds. The smallest absolute Gasteiger partial charge is 0.262 e. The van der Waals surface area contributed by atoms with E-state index in [1.807, 2.05) is 7.05 Å². The molecule has 0 unspecified atom stereocenters. The first-order valence-corrected chi connectivity index (χ1v) is 7.76. The highest BCUT2D eigenvalue weighted by Crippen LogP contribution is 2.21. The minimum absolute atomic E-state index is 0.0997. The minimum atomic E-state index is -0.0997. The van der Waals surface area contributed by atoms with E-state index in [0.717, 1.165) is 5.82 Å². The van der Waals surface area contributed by atoms with Crippen molar-refractivity contribution in [2.45, 2.75) is 51.1 Å². The van der Waals surface area contributed by atoms with E-state index in [4.69, 9.17) is 0 Å². The van der Waals surface area contributed by atoms with Crippen molar-refractivity contribution in [3.8, 4) is 0 Å². The van der Waals surface area contributed by atoms with Crippen LogP contribution < -0.4 is 5.56 Å². The second-order valence-corrected chi connectivity index (χ2v) is 6.08. The average Bonchev–Trinajstić information content (AvgIpc) is 2.67. The lowest BCUT2D eigenvalue weighted by Gasteiger charge is -2.26. The molecule has 2 aromatic heterocycles. The molecule has 0 bridgehead atoms. The Morgan fingerprint density at radius 2 is 2.05 bits per heavy atom. The fourth-order valence-electron chi connectivity index (χ4n) is 3.22. The molecular formula is C15H23N5O. The molecule has 1 aliphatic rings. The molecule has 1 saturated carbocycles. The van der Waals surface area contributed by atoms with Crippen molar-refractivity contribution < 1.29 is 0 Å². The summed E-state index contributed by atoms with van der Waals surface area (Å²) in [5, 5.41) is 4.65. The molecule has 0 atom stereocenters. The summed E-state index contributed by atoms with van der Waals surface area (Å²) < 4.78 is 1.65. The molecule has 0 radical (unpaired) electrons. The first-order chi connectivity index (χ1) is 10.1. The zero-order valence-electron chi connectivity index (χ0n) is 12.8. The molecule has 1 fully saturated rings. The van der Waals surface area contributed by atoms with Crippen LogP contribution in [-0.4, -0.2) is 37.7 Å². The van der Waals surface area contributed by atoms with Crippen molar-refractivity contribution in [2.24, 2.45) is 7.05 Å². The van der Waals surface area contributed by atoms with E-state index in [1.54, 1.807) is 10.9 Å². The fraction of sp³-hybridized carbons (Fsp3) is 0.667. The van der Waals surface area contributed by atoms with E-state index in [1.165, 1.54) is 38.5 Å². The Hall–Kier alpha value is -1.69. The molecule has 6 nitrogen and oxygen atoms in total. The zero-order valence-corrected chi connectivity index (χ0v) is 12.8. The number of H-pyrrole nitrogens is 1. The fourth-order valence-corrected chi connectivity index (χ4v) is 3.22. The first kappa shape index (κ1) is 14.3. The third-order valence-electron chi connectivity index (χ3n) is 4.50. The van der Waals surface area contributed by atoms with Crippen molar-refractivity contribution in [3.05, 3.63) is 22.4 Å². The Morgan fingerprint density at radius 1 is 1.33 bits per heavy atom. The van der Waals surface area contributed by atoms with E-state index < -0.39 is 0 Å². The third kappa shape index (κ3) is 3.00. The van der Waals surface area contributed by atoms with E-state index in [2.05, 4.69) is 27.0 Å². The minimum Gasteiger partial charge on any atom is -0.309 e. The highest BCUT2D eigenvalue weighted by Gasteiger charge is 2.18. The van der Waals surface area contributed by atoms with Gasteiger partial charge in [0.2, 0.25) is 0 Å². The van der Waals surface area contributed by atoms with Gasteiger partial charge in [0.1, 0.15) is 11.2 Å². The molecule has 1 N–H and O–H groups in total. The molecule has 114 valence electrons. The molecular weight excluding hydrogens is 266 g/mol. The molecule has 2 aromatic rings. The normalized spacial score (nSPS) is 17.5. The van der Waals surface area contributed by atoms with Gasteiger partial charge in [-0.2, -0.15) is 5.10 Å². The van der Waals surface area contributed by atoms with Gasteiger partial charge in [-0.25, -0.2) is 4.98 Å². The molecule has 21 heavy (non-hydrogen) atoms. The monoisotopic (exact) mass is 289 g/mol. The van der Waals surface area contributed by atoms with Gasteiger partial charge in [0.05, 0.1) is 12.7 Å². The molecule has 3 rings (SSSR count). The molecule has 6 heteroatoms. The highest BCUT2D eigenvalue weighted by molar-refractivity contribution is 5.72. The molecule has 0 spiro atoms. The van der Waals surface area contributed by atoms with Crippen LogP contribution in [0.5, 0.6) is 0 Å². The van der Waals surface area contributed by atoms with Crippen molar-refractivity contribution in [2.75, 3.05) is 7.05 Å². The van der Waals surface area contributed by atoms with Crippen LogP contribution in [0.4, 0.5) is 0 Å². The predicted molar refractivity (Wildman–Crippen MR) is 82.1 cm³/mol. The van der Waals surface area contributed by atoms with Crippen LogP contribution in [0.15, 0.2) is 11.0 Å². The van der Waals surface area contributed by atoms with E-state index in [9.17, 15) is 4.79 Å². The Kier molecular flexibility index (Phi) is 4.05. The van der Waals surface area contributed by atoms with Gasteiger partial charge in [0.25, 0.3) is 5.56 Å². The number of nitrogens with one attached hydrogen (secondary N) is 1. The Labute approximate surface area is 124 Å². The summed E-state index contributed by atoms with van der Waals surface area (Å²) in [5.74, 6) is 0.725. The van der Waals surface area contributed by atoms with Gasteiger partial charge in [-0.05, 0) is 19.9 Å². The number of rotatable bonds is 3. The van der Waals surface area contributed by atoms with Gasteiger partial charge < -0.3 is 4.98 Å². The lowest BCUT2D eigenvalue weighted by Crippen LogP contribution is -2.32. The summed E-state index contributed by atoms with van der Waals surface area (Å²) in [5.41, 5.74) is 0.556. The molecule has 0 aliphatic heterocycles. The highest BCUT2D eigenvalue weighted by atomic mass is 16.1. The van der Waals surface area contributed by atoms with Crippen LogP contribution in [0.25, 0.3) is 11.0 Å². The summed E-state index contributed by atoms with van der Waals surface area (Å²) in [6.07, 6.45) is 9.36. The van der Waals surface area contributed by atoms with Gasteiger partial charge in [0.15, 0.2) is 5.65 Å². The Morgan fingerprint density at radius 3 is 2.76 bits per heavy atom. The van der Waals surface area contributed by atoms with Gasteiger partial charge in [-0.15, -0.1) is 0 Å². The lowest BCUT2D eigenvalue weighted by molar-refractivity contribution is 0.208. The number of hydrogen-bond acceptors (Lipinski definition) is 4. The van der Waals surface area contributed by atoms with Gasteiger partial charge >= 0.3 is 0 Å². The second-order valence-electron chi connectivity index (χ2n) is 6.08. The van der Waals surface area contributed by atoms with Crippen molar-refractivity contribution in [1.82, 2.24) is 24.6 Å². The molecule has 0 saturated heterocycles. The zero-order chi connectivity index (χ0) is 14.8. The van der Waals surface area contributed by atoms with Crippen LogP contribution in [0.1, 0.15) is 44.3 Å². The van der Waals surface area contributed by atoms with E-state index in [-0.39, 0.29) is 5.56 Å². The molecule has 2 heterocycles. The summed E-state index contributed by atoms with van der Waals surface area (Å²) in [6, 6.07) is 0.597. The number of aromatic nitrogens is 4. The largest absolute Gasteiger partial charge is 0.309 e. The summed E-state index contributed by atoms with van der Waals surface area (Å²) in [4.78, 5) is 21.8. The maximum Gasteiger partial charge on any atom is 0.262 e. The summed E-state index contributed by atoms with van der Waals surface area (Å²) in [6.45, 7) is 0.682.